The van der Waals surface area contributed by atoms with Gasteiger partial charge in [-0.2, -0.15) is 0 Å². The fourth-order valence-corrected chi connectivity index (χ4v) is 8.34. The number of hydrogen-bond acceptors (Lipinski definition) is 13. The van der Waals surface area contributed by atoms with E-state index in [9.17, 15) is 39.9 Å². The third kappa shape index (κ3) is 11.1. The van der Waals surface area contributed by atoms with Gasteiger partial charge in [0.1, 0.15) is 23.4 Å². The number of aliphatic hydroxyl groups is 2. The molecular weight excluding hydrogens is 809 g/mol. The summed E-state index contributed by atoms with van der Waals surface area (Å²) < 4.78 is 23.7. The molecule has 346 valence electrons. The Bertz CT molecular complexity index is 2170. The summed E-state index contributed by atoms with van der Waals surface area (Å²) in [5.41, 5.74) is 0.522. The van der Waals surface area contributed by atoms with E-state index in [1.807, 2.05) is 13.8 Å². The first-order valence-corrected chi connectivity index (χ1v) is 21.9. The Morgan fingerprint density at radius 2 is 1.63 bits per heavy atom. The molecule has 1 amide bonds. The maximum absolute atomic E-state index is 14.6. The van der Waals surface area contributed by atoms with E-state index in [1.54, 1.807) is 52.8 Å². The van der Waals surface area contributed by atoms with Gasteiger partial charge in [-0.15, -0.1) is 0 Å². The summed E-state index contributed by atoms with van der Waals surface area (Å²) in [5, 5.41) is 61.2. The smallest absolute Gasteiger partial charge is 0.312 e. The monoisotopic (exact) mass is 876 g/mol. The van der Waals surface area contributed by atoms with Gasteiger partial charge in [0.2, 0.25) is 0 Å². The van der Waals surface area contributed by atoms with Crippen LogP contribution in [0.4, 0.5) is 5.69 Å². The molecule has 3 heterocycles. The summed E-state index contributed by atoms with van der Waals surface area (Å²) in [5.74, 6) is -8.24. The number of nitrogens with one attached hydrogen (secondary N) is 1. The Kier molecular flexibility index (Phi) is 17.2. The largest absolute Gasteiger partial charge is 0.507 e. The van der Waals surface area contributed by atoms with Crippen molar-refractivity contribution in [1.29, 1.82) is 0 Å². The molecular formula is C49H68N2O12. The first kappa shape index (κ1) is 50.5. The Morgan fingerprint density at radius 1 is 0.952 bits per heavy atom. The van der Waals surface area contributed by atoms with Gasteiger partial charge < -0.3 is 49.8 Å². The lowest BCUT2D eigenvalue weighted by Gasteiger charge is -2.38. The second-order valence-electron chi connectivity index (χ2n) is 17.5. The summed E-state index contributed by atoms with van der Waals surface area (Å²) in [6, 6.07) is -0.0553. The van der Waals surface area contributed by atoms with Crippen molar-refractivity contribution in [3.8, 4) is 23.0 Å². The molecule has 14 nitrogen and oxygen atoms in total. The molecule has 14 heteroatoms. The number of phenols is 3. The highest BCUT2D eigenvalue weighted by Crippen LogP contribution is 2.55. The number of ketones is 1. The Morgan fingerprint density at radius 3 is 2.25 bits per heavy atom. The van der Waals surface area contributed by atoms with Crippen molar-refractivity contribution >= 4 is 45.9 Å². The van der Waals surface area contributed by atoms with Crippen molar-refractivity contribution in [3.05, 3.63) is 58.9 Å². The molecule has 0 saturated carbocycles. The lowest BCUT2D eigenvalue weighted by molar-refractivity contribution is -0.160. The average molecular weight is 877 g/mol. The molecule has 0 unspecified atom stereocenters. The molecule has 0 spiro atoms. The first-order chi connectivity index (χ1) is 29.6. The Hall–Kier alpha value is -5.18. The SMILES string of the molecule is CCCCCCC(/C=C\c1c2c(O)c3c(O)c(C)c4c(c3c1O)C(=O)[C@@](C)(O/C=C\[C@H](OC)[C@@H](C)[C@@H](OC(C)=O)[C@H](C)[C@H](O)[C@H](C)[C@@H](O)[C@@H](C)/C=C\C=C(\C)C(=O)N2)O4)=NC(C)C. The number of hydrogen-bond donors (Lipinski definition) is 6. The zero-order chi connectivity index (χ0) is 47.1. The fraction of sp³-hybridized carbons (Fsp3) is 0.551. The lowest BCUT2D eigenvalue weighted by atomic mass is 9.78. The number of esters is 1. The third-order valence-electron chi connectivity index (χ3n) is 12.2. The number of aliphatic hydroxyl groups excluding tert-OH is 2. The molecule has 0 radical (unpaired) electrons. The van der Waals surface area contributed by atoms with E-state index in [2.05, 4.69) is 12.2 Å². The molecule has 0 aromatic heterocycles. The number of carbonyl (C=O) groups excluding carboxylic acids is 3. The number of ether oxygens (including phenoxy) is 4. The normalized spacial score (nSPS) is 29.4. The number of Topliss-reactive ketones (excluding diaryl/α,β-unsaturated/α-hetero) is 1. The van der Waals surface area contributed by atoms with Gasteiger partial charge in [0.25, 0.3) is 11.7 Å². The number of fused-ring (bicyclic) bond motifs is 14. The van der Waals surface area contributed by atoms with E-state index in [4.69, 9.17) is 23.9 Å². The van der Waals surface area contributed by atoms with Gasteiger partial charge in [0.05, 0.1) is 41.2 Å². The minimum Gasteiger partial charge on any atom is -0.507 e. The average Bonchev–Trinajstić information content (AvgIpc) is 3.50. The predicted octanol–water partition coefficient (Wildman–Crippen LogP) is 8.59. The van der Waals surface area contributed by atoms with Crippen molar-refractivity contribution in [2.75, 3.05) is 12.4 Å². The fourth-order valence-electron chi connectivity index (χ4n) is 8.34. The highest BCUT2D eigenvalue weighted by atomic mass is 16.7. The van der Waals surface area contributed by atoms with Gasteiger partial charge in [0, 0.05) is 78.5 Å². The van der Waals surface area contributed by atoms with Gasteiger partial charge in [-0.1, -0.05) is 72.1 Å². The minimum absolute atomic E-state index is 0.0541. The van der Waals surface area contributed by atoms with Crippen molar-refractivity contribution in [2.45, 2.75) is 145 Å². The molecule has 0 aliphatic carbocycles. The summed E-state index contributed by atoms with van der Waals surface area (Å²) in [6.45, 7) is 18.6. The van der Waals surface area contributed by atoms with Crippen LogP contribution in [0, 0.1) is 30.6 Å². The molecule has 0 fully saturated rings. The lowest BCUT2D eigenvalue weighted by Crippen LogP contribution is -2.46. The number of carbonyl (C=O) groups is 3. The van der Waals surface area contributed by atoms with Crippen molar-refractivity contribution < 1.29 is 58.9 Å². The van der Waals surface area contributed by atoms with Crippen molar-refractivity contribution in [3.63, 3.8) is 0 Å². The van der Waals surface area contributed by atoms with E-state index >= 15 is 0 Å². The molecule has 6 N–H and O–H groups in total. The van der Waals surface area contributed by atoms with E-state index in [1.165, 1.54) is 52.4 Å². The van der Waals surface area contributed by atoms with Crippen LogP contribution < -0.4 is 10.1 Å². The van der Waals surface area contributed by atoms with Crippen LogP contribution in [0.25, 0.3) is 16.8 Å². The molecule has 2 aromatic rings. The quantitative estimate of drug-likeness (QED) is 0.0435. The number of aliphatic imine (C=N–C) groups is 1. The summed E-state index contributed by atoms with van der Waals surface area (Å²) in [6.07, 6.45) is 11.4. The number of unbranched alkanes of at least 4 members (excludes halogenated alkanes) is 3. The van der Waals surface area contributed by atoms with Crippen LogP contribution in [-0.2, 0) is 23.8 Å². The molecule has 5 rings (SSSR count). The minimum atomic E-state index is -2.05. The zero-order valence-corrected chi connectivity index (χ0v) is 38.8. The number of anilines is 1. The van der Waals surface area contributed by atoms with Crippen LogP contribution in [0.1, 0.15) is 123 Å². The number of nitrogens with zero attached hydrogens (tertiary/aromatic N) is 1. The Balaban J connectivity index is 2.00. The highest BCUT2D eigenvalue weighted by Gasteiger charge is 2.50. The first-order valence-electron chi connectivity index (χ1n) is 21.9. The molecule has 3 aliphatic rings. The summed E-state index contributed by atoms with van der Waals surface area (Å²) in [4.78, 5) is 45.6. The van der Waals surface area contributed by atoms with Gasteiger partial charge >= 0.3 is 11.8 Å². The topological polar surface area (TPSA) is 214 Å². The van der Waals surface area contributed by atoms with Crippen LogP contribution in [0.15, 0.2) is 47.2 Å². The van der Waals surface area contributed by atoms with Gasteiger partial charge in [0.15, 0.2) is 5.75 Å². The van der Waals surface area contributed by atoms with Crippen LogP contribution in [-0.4, -0.2) is 92.3 Å². The van der Waals surface area contributed by atoms with Gasteiger partial charge in [-0.05, 0) is 58.8 Å². The maximum Gasteiger partial charge on any atom is 0.312 e. The standard InChI is InChI=1S/C49H68N2O12/c1-13-14-15-16-20-33(50-25(2)3)21-22-34-39-44(57)37-36(43(34)56)38-46(31(9)42(37)55)63-49(11,47(38)58)61-24-23-35(60-12)28(6)45(62-32(10)52)30(8)41(54)29(7)40(53)26(4)18-17-19-27(5)48(59)51-39/h17-19,21-26,28-30,35,40-41,45,53-57H,13-16,20H2,1-12H3,(H,51,59)/b18-17-,22-21-,24-23-,27-19-,50-33?/t26-,28+,29+,30+,35-,40-,41+,45+,49-/m0/s1. The van der Waals surface area contributed by atoms with Crippen LogP contribution in [0.3, 0.4) is 0 Å². The number of benzene rings is 2. The summed E-state index contributed by atoms with van der Waals surface area (Å²) in [7, 11) is 1.44. The molecule has 63 heavy (non-hydrogen) atoms. The van der Waals surface area contributed by atoms with E-state index in [-0.39, 0.29) is 50.5 Å². The number of phenolic OH excluding ortho intramolecular Hbond substituents is 3. The second-order valence-corrected chi connectivity index (χ2v) is 17.5. The van der Waals surface area contributed by atoms with E-state index < -0.39 is 88.8 Å². The second kappa shape index (κ2) is 21.5. The number of rotatable bonds is 10. The third-order valence-corrected chi connectivity index (χ3v) is 12.2. The molecule has 0 saturated heterocycles. The zero-order valence-electron chi connectivity index (χ0n) is 38.8. The van der Waals surface area contributed by atoms with Gasteiger partial charge in [-0.3, -0.25) is 19.4 Å². The van der Waals surface area contributed by atoms with Crippen molar-refractivity contribution in [2.24, 2.45) is 28.7 Å². The predicted molar refractivity (Wildman–Crippen MR) is 244 cm³/mol. The van der Waals surface area contributed by atoms with Crippen LogP contribution >= 0.6 is 0 Å². The maximum atomic E-state index is 14.6. The number of aromatic hydroxyl groups is 3. The molecule has 2 aromatic carbocycles. The highest BCUT2D eigenvalue weighted by molar-refractivity contribution is 6.23. The van der Waals surface area contributed by atoms with Crippen molar-refractivity contribution in [1.82, 2.24) is 0 Å². The molecule has 3 aliphatic heterocycles. The van der Waals surface area contributed by atoms with Gasteiger partial charge in [-0.25, -0.2) is 0 Å². The molecule has 5 bridgehead atoms. The molecule has 9 atom stereocenters. The van der Waals surface area contributed by atoms with E-state index in [0.29, 0.717) is 6.42 Å². The van der Waals surface area contributed by atoms with E-state index in [0.717, 1.165) is 31.4 Å². The summed E-state index contributed by atoms with van der Waals surface area (Å²) >= 11 is 0. The number of amides is 1. The van der Waals surface area contributed by atoms with Crippen LogP contribution in [0.2, 0.25) is 0 Å². The number of allylic oxidation sites excluding steroid dienone is 3. The number of methoxy groups -OCH3 is 1. The van der Waals surface area contributed by atoms with Crippen LogP contribution in [0.5, 0.6) is 23.0 Å². The Labute approximate surface area is 371 Å².